The number of aromatic nitrogens is 4. The minimum Gasteiger partial charge on any atom is -0.305 e. The van der Waals surface area contributed by atoms with Crippen molar-refractivity contribution in [1.29, 1.82) is 0 Å². The van der Waals surface area contributed by atoms with Crippen LogP contribution in [-0.2, 0) is 11.0 Å². The number of anilines is 2. The van der Waals surface area contributed by atoms with E-state index in [1.54, 1.807) is 12.1 Å². The number of carbonyl (C=O) groups excluding carboxylic acids is 2. The van der Waals surface area contributed by atoms with E-state index in [1.165, 1.54) is 39.8 Å². The second kappa shape index (κ2) is 11.6. The number of alkyl halides is 3. The summed E-state index contributed by atoms with van der Waals surface area (Å²) in [7, 11) is 0. The van der Waals surface area contributed by atoms with E-state index >= 15 is 0 Å². The molecule has 0 atom stereocenters. The summed E-state index contributed by atoms with van der Waals surface area (Å²) in [5, 5.41) is 7.36. The molecule has 216 valence electrons. The lowest BCUT2D eigenvalue weighted by Gasteiger charge is -2.22. The van der Waals surface area contributed by atoms with Crippen molar-refractivity contribution < 1.29 is 22.8 Å². The number of aliphatic imine (C=N–C) groups is 1. The number of hydrogen-bond acceptors (Lipinski definition) is 6. The van der Waals surface area contributed by atoms with Crippen molar-refractivity contribution in [3.63, 3.8) is 0 Å². The number of amides is 3. The predicted molar refractivity (Wildman–Crippen MR) is 156 cm³/mol. The third kappa shape index (κ3) is 6.16. The fraction of sp³-hybridized carbons (Fsp3) is 0.214. The van der Waals surface area contributed by atoms with Crippen molar-refractivity contribution in [3.8, 4) is 17.2 Å². The Morgan fingerprint density at radius 2 is 1.90 bits per heavy atom. The summed E-state index contributed by atoms with van der Waals surface area (Å²) >= 11 is 7.61. The highest BCUT2D eigenvalue weighted by Crippen LogP contribution is 2.35. The zero-order chi connectivity index (χ0) is 30.2. The smallest absolute Gasteiger partial charge is 0.305 e. The van der Waals surface area contributed by atoms with E-state index in [0.29, 0.717) is 11.3 Å². The maximum Gasteiger partial charge on any atom is 0.417 e. The molecule has 1 fully saturated rings. The molecule has 2 aromatic carbocycles. The lowest BCUT2D eigenvalue weighted by Crippen LogP contribution is -2.31. The van der Waals surface area contributed by atoms with Crippen molar-refractivity contribution in [2.24, 2.45) is 4.99 Å². The number of carbonyl (C=O) groups is 2. The Hall–Kier alpha value is -4.23. The van der Waals surface area contributed by atoms with E-state index < -0.39 is 17.8 Å². The molecule has 3 heterocycles. The fourth-order valence-electron chi connectivity index (χ4n) is 4.20. The van der Waals surface area contributed by atoms with Gasteiger partial charge in [-0.1, -0.05) is 49.3 Å². The number of thioether (sulfide) groups is 1. The van der Waals surface area contributed by atoms with Crippen LogP contribution in [0.1, 0.15) is 36.5 Å². The van der Waals surface area contributed by atoms with Crippen LogP contribution in [0.3, 0.4) is 0 Å². The lowest BCUT2D eigenvalue weighted by atomic mass is 9.99. The molecule has 1 aliphatic rings. The molecule has 1 aliphatic heterocycles. The number of aryl methyl sites for hydroxylation is 1. The molecule has 0 aliphatic carbocycles. The molecule has 2 aromatic heterocycles. The Morgan fingerprint density at radius 1 is 1.12 bits per heavy atom. The Labute approximate surface area is 247 Å². The average Bonchev–Trinajstić information content (AvgIpc) is 3.56. The molecule has 1 saturated heterocycles. The van der Waals surface area contributed by atoms with E-state index in [0.717, 1.165) is 23.4 Å². The summed E-state index contributed by atoms with van der Waals surface area (Å²) < 4.78 is 39.7. The van der Waals surface area contributed by atoms with Gasteiger partial charge in [0.2, 0.25) is 5.91 Å². The minimum atomic E-state index is -4.50. The minimum absolute atomic E-state index is 0.151. The fourth-order valence-corrected chi connectivity index (χ4v) is 5.28. The van der Waals surface area contributed by atoms with Crippen LogP contribution >= 0.6 is 23.4 Å². The van der Waals surface area contributed by atoms with Crippen LogP contribution in [0.4, 0.5) is 29.3 Å². The second-order valence-electron chi connectivity index (χ2n) is 9.67. The van der Waals surface area contributed by atoms with Gasteiger partial charge in [-0.2, -0.15) is 18.2 Å². The predicted octanol–water partition coefficient (Wildman–Crippen LogP) is 7.10. The first-order valence-electron chi connectivity index (χ1n) is 12.6. The molecule has 0 saturated carbocycles. The molecule has 0 radical (unpaired) electrons. The lowest BCUT2D eigenvalue weighted by molar-refractivity contribution is -0.137. The number of halogens is 4. The van der Waals surface area contributed by atoms with E-state index in [1.807, 2.05) is 39.0 Å². The van der Waals surface area contributed by atoms with Crippen molar-refractivity contribution in [1.82, 2.24) is 19.7 Å². The van der Waals surface area contributed by atoms with Crippen molar-refractivity contribution >= 4 is 51.8 Å². The maximum absolute atomic E-state index is 12.9. The molecule has 0 unspecified atom stereocenters. The number of pyridine rings is 1. The highest BCUT2D eigenvalue weighted by molar-refractivity contribution is 8.15. The highest BCUT2D eigenvalue weighted by atomic mass is 35.5. The van der Waals surface area contributed by atoms with Gasteiger partial charge in [0.15, 0.2) is 16.8 Å². The average molecular weight is 614 g/mol. The highest BCUT2D eigenvalue weighted by Gasteiger charge is 2.33. The molecule has 0 bridgehead atoms. The number of hydrogen-bond donors (Lipinski definition) is 1. The standard InChI is InChI=1S/C28H23ClF3N7O2S/c1-15(2)19-7-4-16(3)10-22(19)39-24(40)13-42-27(39)36-26(41)35-21-8-5-17(11-20(21)29)25-34-14-38(37-25)23-9-6-18(12-33-23)28(30,31)32/h4-12,14-15H,13H2,1-3H3,(H,35,41). The van der Waals surface area contributed by atoms with Crippen LogP contribution in [0.5, 0.6) is 0 Å². The first kappa shape index (κ1) is 29.3. The van der Waals surface area contributed by atoms with Gasteiger partial charge in [0.05, 0.1) is 27.7 Å². The van der Waals surface area contributed by atoms with Gasteiger partial charge in [0, 0.05) is 11.8 Å². The molecule has 4 aromatic rings. The van der Waals surface area contributed by atoms with Crippen molar-refractivity contribution in [2.45, 2.75) is 32.9 Å². The number of nitrogens with zero attached hydrogens (tertiary/aromatic N) is 6. The van der Waals surface area contributed by atoms with Gasteiger partial charge < -0.3 is 5.32 Å². The third-order valence-corrected chi connectivity index (χ3v) is 7.52. The molecule has 1 N–H and O–H groups in total. The molecular formula is C28H23ClF3N7O2S. The number of rotatable bonds is 5. The van der Waals surface area contributed by atoms with E-state index in [-0.39, 0.29) is 45.1 Å². The van der Waals surface area contributed by atoms with Crippen molar-refractivity contribution in [3.05, 3.63) is 82.8 Å². The van der Waals surface area contributed by atoms with Gasteiger partial charge in [-0.3, -0.25) is 9.69 Å². The van der Waals surface area contributed by atoms with Crippen LogP contribution in [0.2, 0.25) is 5.02 Å². The van der Waals surface area contributed by atoms with Crippen LogP contribution in [-0.4, -0.2) is 42.6 Å². The summed E-state index contributed by atoms with van der Waals surface area (Å²) in [6.07, 6.45) is -2.46. The van der Waals surface area contributed by atoms with Crippen LogP contribution in [0.15, 0.2) is 66.0 Å². The van der Waals surface area contributed by atoms with Crippen LogP contribution in [0, 0.1) is 6.92 Å². The molecular weight excluding hydrogens is 591 g/mol. The molecule has 3 amide bonds. The summed E-state index contributed by atoms with van der Waals surface area (Å²) in [4.78, 5) is 39.3. The first-order valence-corrected chi connectivity index (χ1v) is 14.0. The zero-order valence-corrected chi connectivity index (χ0v) is 24.1. The quantitative estimate of drug-likeness (QED) is 0.257. The molecule has 0 spiro atoms. The van der Waals surface area contributed by atoms with E-state index in [2.05, 4.69) is 25.4 Å². The number of amidine groups is 1. The first-order chi connectivity index (χ1) is 19.9. The van der Waals surface area contributed by atoms with E-state index in [9.17, 15) is 22.8 Å². The molecule has 5 rings (SSSR count). The molecule has 14 heteroatoms. The number of benzene rings is 2. The van der Waals surface area contributed by atoms with Gasteiger partial charge in [0.25, 0.3) is 0 Å². The van der Waals surface area contributed by atoms with E-state index in [4.69, 9.17) is 11.6 Å². The summed E-state index contributed by atoms with van der Waals surface area (Å²) in [5.74, 6) is 0.541. The van der Waals surface area contributed by atoms with Gasteiger partial charge in [-0.15, -0.1) is 5.10 Å². The van der Waals surface area contributed by atoms with Crippen molar-refractivity contribution in [2.75, 3.05) is 16.0 Å². The monoisotopic (exact) mass is 613 g/mol. The number of nitrogens with one attached hydrogen (secondary N) is 1. The third-order valence-electron chi connectivity index (χ3n) is 6.28. The van der Waals surface area contributed by atoms with Gasteiger partial charge in [0.1, 0.15) is 6.33 Å². The van der Waals surface area contributed by atoms with Crippen LogP contribution < -0.4 is 10.2 Å². The second-order valence-corrected chi connectivity index (χ2v) is 11.0. The molecule has 9 nitrogen and oxygen atoms in total. The topological polar surface area (TPSA) is 105 Å². The zero-order valence-electron chi connectivity index (χ0n) is 22.5. The largest absolute Gasteiger partial charge is 0.417 e. The van der Waals surface area contributed by atoms with Gasteiger partial charge >= 0.3 is 12.2 Å². The Balaban J connectivity index is 1.33. The van der Waals surface area contributed by atoms with Gasteiger partial charge in [-0.25, -0.2) is 19.4 Å². The summed E-state index contributed by atoms with van der Waals surface area (Å²) in [6.45, 7) is 5.99. The SMILES string of the molecule is Cc1ccc(C(C)C)c(N2C(=O)CSC2=NC(=O)Nc2ccc(-c3ncn(-c4ccc(C(F)(F)F)cn4)n3)cc2Cl)c1. The Bertz CT molecular complexity index is 1700. The Morgan fingerprint density at radius 3 is 2.57 bits per heavy atom. The Kier molecular flexibility index (Phi) is 8.06. The number of urea groups is 1. The maximum atomic E-state index is 12.9. The normalized spacial score (nSPS) is 14.7. The van der Waals surface area contributed by atoms with Crippen LogP contribution in [0.25, 0.3) is 17.2 Å². The molecule has 42 heavy (non-hydrogen) atoms. The summed E-state index contributed by atoms with van der Waals surface area (Å²) in [6, 6.07) is 12.0. The van der Waals surface area contributed by atoms with Gasteiger partial charge in [-0.05, 0) is 60.4 Å². The summed E-state index contributed by atoms with van der Waals surface area (Å²) in [5.41, 5.74) is 2.55.